The lowest BCUT2D eigenvalue weighted by Gasteiger charge is -2.00. The maximum absolute atomic E-state index is 10.9. The summed E-state index contributed by atoms with van der Waals surface area (Å²) in [7, 11) is 1.49. The first-order valence-electron chi connectivity index (χ1n) is 3.45. The highest BCUT2D eigenvalue weighted by molar-refractivity contribution is 7.07. The molecule has 1 amide bonds. The molecule has 1 aromatic heterocycles. The van der Waals surface area contributed by atoms with Crippen LogP contribution in [-0.4, -0.2) is 24.6 Å². The van der Waals surface area contributed by atoms with Crippen molar-refractivity contribution < 1.29 is 9.53 Å². The van der Waals surface area contributed by atoms with E-state index in [0.29, 0.717) is 6.54 Å². The van der Waals surface area contributed by atoms with Gasteiger partial charge in [-0.2, -0.15) is 0 Å². The van der Waals surface area contributed by atoms with Crippen molar-refractivity contribution in [3.8, 4) is 0 Å². The quantitative estimate of drug-likeness (QED) is 0.740. The molecule has 0 bridgehead atoms. The van der Waals surface area contributed by atoms with Gasteiger partial charge in [0.05, 0.1) is 17.7 Å². The summed E-state index contributed by atoms with van der Waals surface area (Å²) in [5.74, 6) is -0.120. The van der Waals surface area contributed by atoms with Crippen molar-refractivity contribution in [3.63, 3.8) is 0 Å². The molecule has 1 rings (SSSR count). The lowest BCUT2D eigenvalue weighted by molar-refractivity contribution is -0.124. The molecule has 0 radical (unpaired) electrons. The zero-order valence-electron chi connectivity index (χ0n) is 6.74. The summed E-state index contributed by atoms with van der Waals surface area (Å²) in [6, 6.07) is 0. The average molecular weight is 186 g/mol. The molecule has 0 saturated carbocycles. The van der Waals surface area contributed by atoms with Gasteiger partial charge in [-0.25, -0.2) is 4.98 Å². The molecule has 4 nitrogen and oxygen atoms in total. The van der Waals surface area contributed by atoms with E-state index >= 15 is 0 Å². The van der Waals surface area contributed by atoms with Crippen LogP contribution in [0.4, 0.5) is 0 Å². The summed E-state index contributed by atoms with van der Waals surface area (Å²) in [6.07, 6.45) is 0. The Kier molecular flexibility index (Phi) is 3.69. The second kappa shape index (κ2) is 4.84. The van der Waals surface area contributed by atoms with Crippen LogP contribution in [0.25, 0.3) is 0 Å². The van der Waals surface area contributed by atoms with E-state index in [9.17, 15) is 4.79 Å². The summed E-state index contributed by atoms with van der Waals surface area (Å²) < 4.78 is 4.64. The molecular weight excluding hydrogens is 176 g/mol. The molecule has 0 unspecified atom stereocenters. The molecule has 1 N–H and O–H groups in total. The fraction of sp³-hybridized carbons (Fsp3) is 0.429. The summed E-state index contributed by atoms with van der Waals surface area (Å²) in [5, 5.41) is 4.56. The minimum atomic E-state index is -0.120. The molecule has 1 heterocycles. The van der Waals surface area contributed by atoms with Gasteiger partial charge in [-0.1, -0.05) is 0 Å². The van der Waals surface area contributed by atoms with Crippen molar-refractivity contribution in [1.82, 2.24) is 10.3 Å². The standard InChI is InChI=1S/C7H10N2O2S/c1-11-3-7(10)8-2-6-4-12-5-9-6/h4-5H,2-3H2,1H3,(H,8,10). The molecule has 1 aromatic rings. The van der Waals surface area contributed by atoms with Gasteiger partial charge < -0.3 is 10.1 Å². The van der Waals surface area contributed by atoms with Gasteiger partial charge in [-0.3, -0.25) is 4.79 Å². The molecule has 12 heavy (non-hydrogen) atoms. The topological polar surface area (TPSA) is 51.2 Å². The summed E-state index contributed by atoms with van der Waals surface area (Å²) in [6.45, 7) is 0.579. The molecular formula is C7H10N2O2S. The SMILES string of the molecule is COCC(=O)NCc1cscn1. The van der Waals surface area contributed by atoms with Gasteiger partial charge in [0, 0.05) is 12.5 Å². The van der Waals surface area contributed by atoms with E-state index in [1.54, 1.807) is 5.51 Å². The van der Waals surface area contributed by atoms with Crippen LogP contribution in [0.2, 0.25) is 0 Å². The number of hydrogen-bond donors (Lipinski definition) is 1. The molecule has 0 aliphatic carbocycles. The van der Waals surface area contributed by atoms with Crippen LogP contribution in [0.1, 0.15) is 5.69 Å². The maximum atomic E-state index is 10.9. The van der Waals surface area contributed by atoms with Gasteiger partial charge >= 0.3 is 0 Å². The Morgan fingerprint density at radius 2 is 2.67 bits per heavy atom. The van der Waals surface area contributed by atoms with Crippen LogP contribution >= 0.6 is 11.3 Å². The van der Waals surface area contributed by atoms with Crippen molar-refractivity contribution in [2.45, 2.75) is 6.54 Å². The van der Waals surface area contributed by atoms with Crippen LogP contribution < -0.4 is 5.32 Å². The van der Waals surface area contributed by atoms with Crippen LogP contribution in [0.3, 0.4) is 0 Å². The monoisotopic (exact) mass is 186 g/mol. The van der Waals surface area contributed by atoms with Gasteiger partial charge in [0.15, 0.2) is 0 Å². The Balaban J connectivity index is 2.22. The molecule has 0 aromatic carbocycles. The second-order valence-corrected chi connectivity index (χ2v) is 2.91. The minimum Gasteiger partial charge on any atom is -0.375 e. The average Bonchev–Trinajstić information content (AvgIpc) is 2.53. The fourth-order valence-corrected chi connectivity index (χ4v) is 1.25. The third kappa shape index (κ3) is 2.98. The van der Waals surface area contributed by atoms with E-state index in [4.69, 9.17) is 0 Å². The molecule has 0 fully saturated rings. The number of amides is 1. The van der Waals surface area contributed by atoms with Crippen molar-refractivity contribution >= 4 is 17.2 Å². The van der Waals surface area contributed by atoms with Gasteiger partial charge in [-0.15, -0.1) is 11.3 Å². The highest BCUT2D eigenvalue weighted by Crippen LogP contribution is 1.99. The first-order chi connectivity index (χ1) is 5.83. The smallest absolute Gasteiger partial charge is 0.246 e. The Labute approximate surface area is 74.6 Å². The van der Waals surface area contributed by atoms with E-state index in [0.717, 1.165) is 5.69 Å². The Bertz CT molecular complexity index is 236. The van der Waals surface area contributed by atoms with E-state index in [1.807, 2.05) is 5.38 Å². The third-order valence-corrected chi connectivity index (χ3v) is 1.86. The summed E-state index contributed by atoms with van der Waals surface area (Å²) in [4.78, 5) is 14.9. The van der Waals surface area contributed by atoms with Gasteiger partial charge in [0.2, 0.25) is 5.91 Å². The number of thiazole rings is 1. The first-order valence-corrected chi connectivity index (χ1v) is 4.40. The maximum Gasteiger partial charge on any atom is 0.246 e. The Morgan fingerprint density at radius 3 is 3.25 bits per heavy atom. The second-order valence-electron chi connectivity index (χ2n) is 2.19. The van der Waals surface area contributed by atoms with Crippen molar-refractivity contribution in [1.29, 1.82) is 0 Å². The third-order valence-electron chi connectivity index (χ3n) is 1.23. The number of methoxy groups -OCH3 is 1. The zero-order valence-corrected chi connectivity index (χ0v) is 7.56. The minimum absolute atomic E-state index is 0.101. The summed E-state index contributed by atoms with van der Waals surface area (Å²) >= 11 is 1.51. The molecule has 0 spiro atoms. The normalized spacial score (nSPS) is 9.75. The summed E-state index contributed by atoms with van der Waals surface area (Å²) in [5.41, 5.74) is 2.61. The molecule has 0 aliphatic rings. The van der Waals surface area contributed by atoms with Gasteiger partial charge in [0.25, 0.3) is 0 Å². The predicted octanol–water partition coefficient (Wildman–Crippen LogP) is 0.406. The van der Waals surface area contributed by atoms with E-state index < -0.39 is 0 Å². The number of nitrogens with one attached hydrogen (secondary N) is 1. The van der Waals surface area contributed by atoms with Crippen LogP contribution in [0.5, 0.6) is 0 Å². The van der Waals surface area contributed by atoms with Crippen molar-refractivity contribution in [3.05, 3.63) is 16.6 Å². The van der Waals surface area contributed by atoms with Crippen LogP contribution in [-0.2, 0) is 16.1 Å². The molecule has 0 aliphatic heterocycles. The van der Waals surface area contributed by atoms with E-state index in [1.165, 1.54) is 18.4 Å². The van der Waals surface area contributed by atoms with Crippen molar-refractivity contribution in [2.75, 3.05) is 13.7 Å². The Morgan fingerprint density at radius 1 is 1.83 bits per heavy atom. The molecule has 0 saturated heterocycles. The molecule has 5 heteroatoms. The van der Waals surface area contributed by atoms with Gasteiger partial charge in [-0.05, 0) is 0 Å². The number of carbonyl (C=O) groups excluding carboxylic acids is 1. The molecule has 0 atom stereocenters. The number of carbonyl (C=O) groups is 1. The van der Waals surface area contributed by atoms with Crippen LogP contribution in [0, 0.1) is 0 Å². The largest absolute Gasteiger partial charge is 0.375 e. The highest BCUT2D eigenvalue weighted by atomic mass is 32.1. The number of nitrogens with zero attached hydrogens (tertiary/aromatic N) is 1. The van der Waals surface area contributed by atoms with E-state index in [2.05, 4.69) is 15.0 Å². The number of rotatable bonds is 4. The van der Waals surface area contributed by atoms with Crippen molar-refractivity contribution in [2.24, 2.45) is 0 Å². The number of ether oxygens (including phenoxy) is 1. The lowest BCUT2D eigenvalue weighted by atomic mass is 10.5. The predicted molar refractivity (Wildman–Crippen MR) is 45.8 cm³/mol. The highest BCUT2D eigenvalue weighted by Gasteiger charge is 1.99. The number of aromatic nitrogens is 1. The first kappa shape index (κ1) is 9.15. The zero-order chi connectivity index (χ0) is 8.81. The fourth-order valence-electron chi connectivity index (χ4n) is 0.696. The lowest BCUT2D eigenvalue weighted by Crippen LogP contribution is -2.26. The molecule has 66 valence electrons. The van der Waals surface area contributed by atoms with Gasteiger partial charge in [0.1, 0.15) is 6.61 Å². The van der Waals surface area contributed by atoms with E-state index in [-0.39, 0.29) is 12.5 Å². The van der Waals surface area contributed by atoms with Crippen LogP contribution in [0.15, 0.2) is 10.9 Å². The Hall–Kier alpha value is -0.940. The number of hydrogen-bond acceptors (Lipinski definition) is 4.